The van der Waals surface area contributed by atoms with Gasteiger partial charge in [-0.2, -0.15) is 0 Å². The van der Waals surface area contributed by atoms with Crippen LogP contribution in [0.25, 0.3) is 0 Å². The van der Waals surface area contributed by atoms with E-state index in [4.69, 9.17) is 19.9 Å². The Morgan fingerprint density at radius 3 is 2.69 bits per heavy atom. The maximum absolute atomic E-state index is 11.7. The van der Waals surface area contributed by atoms with Crippen molar-refractivity contribution < 1.29 is 19.0 Å². The summed E-state index contributed by atoms with van der Waals surface area (Å²) in [4.78, 5) is 14.1. The van der Waals surface area contributed by atoms with Crippen molar-refractivity contribution in [2.45, 2.75) is 39.2 Å². The Hall–Kier alpha value is -1.79. The van der Waals surface area contributed by atoms with Gasteiger partial charge in [-0.15, -0.1) is 0 Å². The van der Waals surface area contributed by atoms with Gasteiger partial charge in [-0.05, 0) is 62.9 Å². The lowest BCUT2D eigenvalue weighted by Crippen LogP contribution is -2.35. The highest BCUT2D eigenvalue weighted by atomic mass is 16.5. The molecule has 0 amide bonds. The Morgan fingerprint density at radius 1 is 1.31 bits per heavy atom. The minimum Gasteiger partial charge on any atom is -0.493 e. The summed E-state index contributed by atoms with van der Waals surface area (Å²) >= 11 is 0. The molecule has 0 aliphatic carbocycles. The molecular weight excluding hydrogens is 332 g/mol. The Balaban J connectivity index is 1.86. The van der Waals surface area contributed by atoms with E-state index in [1.54, 1.807) is 14.0 Å². The average molecular weight is 364 g/mol. The summed E-state index contributed by atoms with van der Waals surface area (Å²) in [6, 6.07) is 4.99. The van der Waals surface area contributed by atoms with Crippen LogP contribution in [0.15, 0.2) is 18.2 Å². The minimum absolute atomic E-state index is 0.332. The summed E-state index contributed by atoms with van der Waals surface area (Å²) in [5.74, 6) is 1.82. The molecule has 0 radical (unpaired) electrons. The molecule has 1 unspecified atom stereocenters. The van der Waals surface area contributed by atoms with Gasteiger partial charge < -0.3 is 19.9 Å². The van der Waals surface area contributed by atoms with Crippen LogP contribution in [0.1, 0.15) is 32.3 Å². The molecule has 1 aliphatic heterocycles. The smallest absolute Gasteiger partial charge is 0.323 e. The Morgan fingerprint density at radius 2 is 2.04 bits per heavy atom. The summed E-state index contributed by atoms with van der Waals surface area (Å²) in [6.45, 7) is 8.26. The predicted octanol–water partition coefficient (Wildman–Crippen LogP) is 2.24. The first-order chi connectivity index (χ1) is 12.5. The molecule has 1 saturated heterocycles. The third-order valence-electron chi connectivity index (χ3n) is 4.81. The summed E-state index contributed by atoms with van der Waals surface area (Å²) in [6.07, 6.45) is 2.93. The molecule has 1 atom stereocenters. The second kappa shape index (κ2) is 10.4. The van der Waals surface area contributed by atoms with Crippen LogP contribution in [0.5, 0.6) is 11.5 Å². The number of carbonyl (C=O) groups is 1. The standard InChI is InChI=1S/C20H32N2O4/c1-4-25-20(23)17(21)13-16-5-6-18(19(14-16)24-3)26-12-11-22-9-7-15(2)8-10-22/h5-6,14-15,17H,4,7-13,21H2,1-3H3. The van der Waals surface area contributed by atoms with Gasteiger partial charge >= 0.3 is 5.97 Å². The lowest BCUT2D eigenvalue weighted by atomic mass is 9.99. The van der Waals surface area contributed by atoms with Gasteiger partial charge in [-0.1, -0.05) is 13.0 Å². The number of carbonyl (C=O) groups excluding carboxylic acids is 1. The Bertz CT molecular complexity index is 571. The second-order valence-corrected chi connectivity index (χ2v) is 6.92. The minimum atomic E-state index is -0.673. The summed E-state index contributed by atoms with van der Waals surface area (Å²) in [5, 5.41) is 0. The molecule has 6 nitrogen and oxygen atoms in total. The number of likely N-dealkylation sites (tertiary alicyclic amines) is 1. The van der Waals surface area contributed by atoms with Gasteiger partial charge in [0.25, 0.3) is 0 Å². The van der Waals surface area contributed by atoms with E-state index in [9.17, 15) is 4.79 Å². The molecule has 0 saturated carbocycles. The molecule has 2 N–H and O–H groups in total. The lowest BCUT2D eigenvalue weighted by molar-refractivity contribution is -0.144. The zero-order valence-corrected chi connectivity index (χ0v) is 16.2. The van der Waals surface area contributed by atoms with Crippen molar-refractivity contribution in [2.75, 3.05) is 40.0 Å². The number of benzene rings is 1. The zero-order valence-electron chi connectivity index (χ0n) is 16.2. The monoisotopic (exact) mass is 364 g/mol. The Labute approximate surface area is 156 Å². The molecule has 26 heavy (non-hydrogen) atoms. The summed E-state index contributed by atoms with van der Waals surface area (Å²) < 4.78 is 16.3. The van der Waals surface area contributed by atoms with Gasteiger partial charge in [0, 0.05) is 6.54 Å². The van der Waals surface area contributed by atoms with Crippen LogP contribution in [0, 0.1) is 5.92 Å². The molecule has 6 heteroatoms. The van der Waals surface area contributed by atoms with Crippen LogP contribution < -0.4 is 15.2 Å². The fourth-order valence-electron chi connectivity index (χ4n) is 3.12. The van der Waals surface area contributed by atoms with Crippen molar-refractivity contribution in [1.82, 2.24) is 4.90 Å². The first-order valence-corrected chi connectivity index (χ1v) is 9.47. The number of hydrogen-bond acceptors (Lipinski definition) is 6. The number of piperidine rings is 1. The molecule has 0 bridgehead atoms. The maximum atomic E-state index is 11.7. The normalized spacial score (nSPS) is 16.9. The van der Waals surface area contributed by atoms with Gasteiger partial charge in [0.05, 0.1) is 13.7 Å². The van der Waals surface area contributed by atoms with E-state index in [1.807, 2.05) is 18.2 Å². The first kappa shape index (κ1) is 20.5. The third-order valence-corrected chi connectivity index (χ3v) is 4.81. The van der Waals surface area contributed by atoms with Crippen molar-refractivity contribution in [3.63, 3.8) is 0 Å². The van der Waals surface area contributed by atoms with Crippen LogP contribution in [-0.4, -0.2) is 56.9 Å². The van der Waals surface area contributed by atoms with Gasteiger partial charge in [-0.25, -0.2) is 0 Å². The van der Waals surface area contributed by atoms with E-state index >= 15 is 0 Å². The fourth-order valence-corrected chi connectivity index (χ4v) is 3.12. The van der Waals surface area contributed by atoms with Crippen LogP contribution >= 0.6 is 0 Å². The molecule has 1 heterocycles. The lowest BCUT2D eigenvalue weighted by Gasteiger charge is -2.30. The van der Waals surface area contributed by atoms with Crippen molar-refractivity contribution in [3.05, 3.63) is 23.8 Å². The number of esters is 1. The molecule has 2 rings (SSSR count). The van der Waals surface area contributed by atoms with E-state index in [0.717, 1.165) is 31.1 Å². The molecule has 1 fully saturated rings. The van der Waals surface area contributed by atoms with Crippen molar-refractivity contribution in [2.24, 2.45) is 11.7 Å². The zero-order chi connectivity index (χ0) is 18.9. The molecule has 1 aromatic rings. The van der Waals surface area contributed by atoms with Crippen LogP contribution in [0.3, 0.4) is 0 Å². The van der Waals surface area contributed by atoms with E-state index in [1.165, 1.54) is 12.8 Å². The summed E-state index contributed by atoms with van der Waals surface area (Å²) in [7, 11) is 1.61. The second-order valence-electron chi connectivity index (χ2n) is 6.92. The van der Waals surface area contributed by atoms with Gasteiger partial charge in [0.2, 0.25) is 0 Å². The molecule has 0 spiro atoms. The summed E-state index contributed by atoms with van der Waals surface area (Å²) in [5.41, 5.74) is 6.80. The quantitative estimate of drug-likeness (QED) is 0.678. The maximum Gasteiger partial charge on any atom is 0.323 e. The molecule has 1 aromatic carbocycles. The predicted molar refractivity (Wildman–Crippen MR) is 102 cm³/mol. The topological polar surface area (TPSA) is 74.0 Å². The van der Waals surface area contributed by atoms with Crippen LogP contribution in [-0.2, 0) is 16.0 Å². The molecule has 1 aliphatic rings. The van der Waals surface area contributed by atoms with E-state index in [0.29, 0.717) is 31.1 Å². The van der Waals surface area contributed by atoms with Gasteiger partial charge in [0.1, 0.15) is 12.6 Å². The van der Waals surface area contributed by atoms with E-state index < -0.39 is 6.04 Å². The number of nitrogens with two attached hydrogens (primary N) is 1. The Kier molecular flexibility index (Phi) is 8.19. The van der Waals surface area contributed by atoms with Gasteiger partial charge in [0.15, 0.2) is 11.5 Å². The highest BCUT2D eigenvalue weighted by Gasteiger charge is 2.17. The third kappa shape index (κ3) is 6.18. The van der Waals surface area contributed by atoms with E-state index in [-0.39, 0.29) is 5.97 Å². The highest BCUT2D eigenvalue weighted by Crippen LogP contribution is 2.28. The van der Waals surface area contributed by atoms with Crippen molar-refractivity contribution >= 4 is 5.97 Å². The van der Waals surface area contributed by atoms with Crippen LogP contribution in [0.4, 0.5) is 0 Å². The van der Waals surface area contributed by atoms with Crippen molar-refractivity contribution in [3.8, 4) is 11.5 Å². The molecular formula is C20H32N2O4. The highest BCUT2D eigenvalue weighted by molar-refractivity contribution is 5.75. The molecule has 146 valence electrons. The first-order valence-electron chi connectivity index (χ1n) is 9.47. The number of ether oxygens (including phenoxy) is 3. The van der Waals surface area contributed by atoms with Crippen LogP contribution in [0.2, 0.25) is 0 Å². The largest absolute Gasteiger partial charge is 0.493 e. The SMILES string of the molecule is CCOC(=O)C(N)Cc1ccc(OCCN2CCC(C)CC2)c(OC)c1. The number of nitrogens with zero attached hydrogens (tertiary/aromatic N) is 1. The number of methoxy groups -OCH3 is 1. The molecule has 0 aromatic heterocycles. The average Bonchev–Trinajstić information content (AvgIpc) is 2.64. The van der Waals surface area contributed by atoms with E-state index in [2.05, 4.69) is 11.8 Å². The van der Waals surface area contributed by atoms with Crippen molar-refractivity contribution in [1.29, 1.82) is 0 Å². The number of hydrogen-bond donors (Lipinski definition) is 1. The van der Waals surface area contributed by atoms with Gasteiger partial charge in [-0.3, -0.25) is 9.69 Å². The number of rotatable bonds is 9. The fraction of sp³-hybridized carbons (Fsp3) is 0.650.